The van der Waals surface area contributed by atoms with Crippen molar-refractivity contribution in [1.29, 1.82) is 0 Å². The van der Waals surface area contributed by atoms with Crippen molar-refractivity contribution in [2.45, 2.75) is 51.5 Å². The molecule has 1 heterocycles. The summed E-state index contributed by atoms with van der Waals surface area (Å²) >= 11 is 0. The van der Waals surface area contributed by atoms with Crippen LogP contribution in [0.15, 0.2) is 12.3 Å². The Balaban J connectivity index is 1.78. The number of hydrogen-bond donors (Lipinski definition) is 1. The molecule has 1 aromatic heterocycles. The Bertz CT molecular complexity index is 328. The SMILES string of the molecule is CCNC(CCc1ccnn1C)CC1CCC1. The molecule has 3 heteroatoms. The van der Waals surface area contributed by atoms with E-state index in [9.17, 15) is 0 Å². The van der Waals surface area contributed by atoms with Gasteiger partial charge in [-0.3, -0.25) is 4.68 Å². The van der Waals surface area contributed by atoms with E-state index >= 15 is 0 Å². The molecule has 0 aliphatic heterocycles. The molecule has 2 rings (SSSR count). The predicted octanol–water partition coefficient (Wildman–Crippen LogP) is 2.52. The highest BCUT2D eigenvalue weighted by molar-refractivity contribution is 5.00. The molecule has 17 heavy (non-hydrogen) atoms. The maximum Gasteiger partial charge on any atom is 0.0492 e. The van der Waals surface area contributed by atoms with Gasteiger partial charge in [0.1, 0.15) is 0 Å². The van der Waals surface area contributed by atoms with E-state index in [4.69, 9.17) is 0 Å². The minimum absolute atomic E-state index is 0.695. The minimum atomic E-state index is 0.695. The molecule has 1 unspecified atom stereocenters. The molecule has 0 spiro atoms. The van der Waals surface area contributed by atoms with Crippen molar-refractivity contribution in [1.82, 2.24) is 15.1 Å². The molecule has 1 N–H and O–H groups in total. The van der Waals surface area contributed by atoms with E-state index in [0.29, 0.717) is 6.04 Å². The number of hydrogen-bond acceptors (Lipinski definition) is 2. The lowest BCUT2D eigenvalue weighted by atomic mass is 9.80. The zero-order chi connectivity index (χ0) is 12.1. The molecule has 96 valence electrons. The number of aryl methyl sites for hydroxylation is 2. The predicted molar refractivity (Wildman–Crippen MR) is 71.0 cm³/mol. The van der Waals surface area contributed by atoms with E-state index in [0.717, 1.165) is 18.9 Å². The van der Waals surface area contributed by atoms with Crippen LogP contribution in [0.2, 0.25) is 0 Å². The van der Waals surface area contributed by atoms with Crippen molar-refractivity contribution in [2.75, 3.05) is 6.54 Å². The van der Waals surface area contributed by atoms with Crippen molar-refractivity contribution in [3.8, 4) is 0 Å². The lowest BCUT2D eigenvalue weighted by molar-refractivity contribution is 0.255. The third-order valence-electron chi connectivity index (χ3n) is 4.01. The summed E-state index contributed by atoms with van der Waals surface area (Å²) in [6, 6.07) is 2.83. The Labute approximate surface area is 105 Å². The molecular weight excluding hydrogens is 210 g/mol. The second-order valence-corrected chi connectivity index (χ2v) is 5.27. The van der Waals surface area contributed by atoms with Crippen LogP contribution >= 0.6 is 0 Å². The van der Waals surface area contributed by atoms with E-state index in [1.54, 1.807) is 0 Å². The number of rotatable bonds is 7. The molecule has 1 fully saturated rings. The van der Waals surface area contributed by atoms with Gasteiger partial charge >= 0.3 is 0 Å². The summed E-state index contributed by atoms with van der Waals surface area (Å²) in [6.45, 7) is 3.29. The summed E-state index contributed by atoms with van der Waals surface area (Å²) < 4.78 is 1.99. The Morgan fingerprint density at radius 3 is 2.88 bits per heavy atom. The average molecular weight is 235 g/mol. The Morgan fingerprint density at radius 1 is 1.53 bits per heavy atom. The topological polar surface area (TPSA) is 29.9 Å². The van der Waals surface area contributed by atoms with Crippen LogP contribution in [0.1, 0.15) is 44.7 Å². The largest absolute Gasteiger partial charge is 0.314 e. The number of nitrogens with zero attached hydrogens (tertiary/aromatic N) is 2. The molecule has 3 nitrogen and oxygen atoms in total. The van der Waals surface area contributed by atoms with Crippen LogP contribution in [-0.4, -0.2) is 22.4 Å². The maximum atomic E-state index is 4.23. The lowest BCUT2D eigenvalue weighted by Gasteiger charge is -2.30. The van der Waals surface area contributed by atoms with Gasteiger partial charge in [-0.1, -0.05) is 26.2 Å². The van der Waals surface area contributed by atoms with Crippen LogP contribution in [0.5, 0.6) is 0 Å². The molecular formula is C14H25N3. The first-order valence-corrected chi connectivity index (χ1v) is 7.00. The van der Waals surface area contributed by atoms with Crippen molar-refractivity contribution in [2.24, 2.45) is 13.0 Å². The molecule has 1 aromatic rings. The van der Waals surface area contributed by atoms with Gasteiger partial charge in [0.05, 0.1) is 0 Å². The van der Waals surface area contributed by atoms with Crippen molar-refractivity contribution < 1.29 is 0 Å². The monoisotopic (exact) mass is 235 g/mol. The molecule has 0 aromatic carbocycles. The van der Waals surface area contributed by atoms with Gasteiger partial charge in [-0.15, -0.1) is 0 Å². The van der Waals surface area contributed by atoms with Crippen molar-refractivity contribution in [3.63, 3.8) is 0 Å². The highest BCUT2D eigenvalue weighted by Crippen LogP contribution is 2.31. The maximum absolute atomic E-state index is 4.23. The van der Waals surface area contributed by atoms with E-state index in [2.05, 4.69) is 23.4 Å². The zero-order valence-corrected chi connectivity index (χ0v) is 11.2. The van der Waals surface area contributed by atoms with Gasteiger partial charge in [-0.05, 0) is 37.8 Å². The molecule has 1 saturated carbocycles. The summed E-state index contributed by atoms with van der Waals surface area (Å²) in [5.41, 5.74) is 1.35. The molecule has 1 aliphatic carbocycles. The zero-order valence-electron chi connectivity index (χ0n) is 11.2. The van der Waals surface area contributed by atoms with Crippen LogP contribution in [0.3, 0.4) is 0 Å². The summed E-state index contributed by atoms with van der Waals surface area (Å²) in [6.07, 6.45) is 9.99. The first kappa shape index (κ1) is 12.6. The van der Waals surface area contributed by atoms with Crippen LogP contribution in [0.25, 0.3) is 0 Å². The quantitative estimate of drug-likeness (QED) is 0.787. The van der Waals surface area contributed by atoms with Crippen molar-refractivity contribution >= 4 is 0 Å². The Kier molecular flexibility index (Phi) is 4.60. The average Bonchev–Trinajstić information content (AvgIpc) is 2.66. The fourth-order valence-electron chi connectivity index (χ4n) is 2.69. The number of aromatic nitrogens is 2. The smallest absolute Gasteiger partial charge is 0.0492 e. The van der Waals surface area contributed by atoms with Gasteiger partial charge in [0.25, 0.3) is 0 Å². The lowest BCUT2D eigenvalue weighted by Crippen LogP contribution is -2.33. The Morgan fingerprint density at radius 2 is 2.35 bits per heavy atom. The molecule has 1 aliphatic rings. The molecule has 0 radical (unpaired) electrons. The van der Waals surface area contributed by atoms with Gasteiger partial charge in [0, 0.05) is 25.0 Å². The molecule has 0 saturated heterocycles. The van der Waals surface area contributed by atoms with Gasteiger partial charge in [-0.2, -0.15) is 5.10 Å². The van der Waals surface area contributed by atoms with E-state index in [1.165, 1.54) is 37.8 Å². The Hall–Kier alpha value is -0.830. The molecule has 1 atom stereocenters. The fraction of sp³-hybridized carbons (Fsp3) is 0.786. The van der Waals surface area contributed by atoms with Crippen LogP contribution in [-0.2, 0) is 13.5 Å². The van der Waals surface area contributed by atoms with Gasteiger partial charge in [-0.25, -0.2) is 0 Å². The molecule has 0 bridgehead atoms. The fourth-order valence-corrected chi connectivity index (χ4v) is 2.69. The van der Waals surface area contributed by atoms with E-state index < -0.39 is 0 Å². The summed E-state index contributed by atoms with van der Waals surface area (Å²) in [7, 11) is 2.03. The standard InChI is InChI=1S/C14H25N3/c1-3-15-13(11-12-5-4-6-12)7-8-14-9-10-16-17(14)2/h9-10,12-13,15H,3-8,11H2,1-2H3. The minimum Gasteiger partial charge on any atom is -0.314 e. The van der Waals surface area contributed by atoms with E-state index in [1.807, 2.05) is 17.9 Å². The van der Waals surface area contributed by atoms with Gasteiger partial charge in [0.15, 0.2) is 0 Å². The van der Waals surface area contributed by atoms with Crippen LogP contribution < -0.4 is 5.32 Å². The second kappa shape index (κ2) is 6.20. The first-order valence-electron chi connectivity index (χ1n) is 7.00. The normalized spacial score (nSPS) is 18.0. The van der Waals surface area contributed by atoms with E-state index in [-0.39, 0.29) is 0 Å². The highest BCUT2D eigenvalue weighted by Gasteiger charge is 2.21. The highest BCUT2D eigenvalue weighted by atomic mass is 15.2. The number of nitrogens with one attached hydrogen (secondary N) is 1. The van der Waals surface area contributed by atoms with Gasteiger partial charge < -0.3 is 5.32 Å². The first-order chi connectivity index (χ1) is 8.29. The summed E-state index contributed by atoms with van der Waals surface area (Å²) in [5.74, 6) is 0.991. The van der Waals surface area contributed by atoms with Crippen LogP contribution in [0.4, 0.5) is 0 Å². The second-order valence-electron chi connectivity index (χ2n) is 5.27. The summed E-state index contributed by atoms with van der Waals surface area (Å²) in [4.78, 5) is 0. The third-order valence-corrected chi connectivity index (χ3v) is 4.01. The van der Waals surface area contributed by atoms with Crippen molar-refractivity contribution in [3.05, 3.63) is 18.0 Å². The third kappa shape index (κ3) is 3.56. The van der Waals surface area contributed by atoms with Gasteiger partial charge in [0.2, 0.25) is 0 Å². The van der Waals surface area contributed by atoms with Crippen LogP contribution in [0, 0.1) is 5.92 Å². The molecule has 0 amide bonds. The summed E-state index contributed by atoms with van der Waals surface area (Å²) in [5, 5.41) is 7.86.